The molecule has 0 heterocycles. The summed E-state index contributed by atoms with van der Waals surface area (Å²) in [4.78, 5) is 0. The first-order chi connectivity index (χ1) is 10.2. The van der Waals surface area contributed by atoms with Crippen molar-refractivity contribution in [3.05, 3.63) is 70.2 Å². The molecule has 0 radical (unpaired) electrons. The highest BCUT2D eigenvalue weighted by molar-refractivity contribution is 6.39. The Morgan fingerprint density at radius 1 is 0.857 bits per heavy atom. The monoisotopic (exact) mass is 317 g/mol. The van der Waals surface area contributed by atoms with Gasteiger partial charge >= 0.3 is 0 Å². The molecule has 0 aliphatic heterocycles. The summed E-state index contributed by atoms with van der Waals surface area (Å²) >= 11 is 12.3. The highest BCUT2D eigenvalue weighted by Crippen LogP contribution is 2.32. The Bertz CT molecular complexity index is 782. The molecule has 0 amide bonds. The van der Waals surface area contributed by atoms with Crippen molar-refractivity contribution in [2.75, 3.05) is 5.32 Å². The number of phenolic OH excluding ortho intramolecular Hbond substituents is 1. The van der Waals surface area contributed by atoms with Gasteiger partial charge in [-0.15, -0.1) is 0 Å². The summed E-state index contributed by atoms with van der Waals surface area (Å²) in [6.45, 7) is 0.441. The highest BCUT2D eigenvalue weighted by atomic mass is 35.5. The Kier molecular flexibility index (Phi) is 3.91. The van der Waals surface area contributed by atoms with E-state index in [0.717, 1.165) is 16.3 Å². The number of fused-ring (bicyclic) bond motifs is 1. The number of nitrogens with one attached hydrogen (secondary N) is 1. The first kappa shape index (κ1) is 14.1. The van der Waals surface area contributed by atoms with E-state index in [2.05, 4.69) is 5.32 Å². The summed E-state index contributed by atoms with van der Waals surface area (Å²) in [6, 6.07) is 16.9. The molecule has 0 atom stereocenters. The first-order valence-corrected chi connectivity index (χ1v) is 7.30. The lowest BCUT2D eigenvalue weighted by Gasteiger charge is -2.13. The van der Waals surface area contributed by atoms with Crippen LogP contribution in [0.25, 0.3) is 10.8 Å². The number of anilines is 1. The minimum atomic E-state index is 0.254. The SMILES string of the molecule is Oc1ccc2ccccc2c1CNc1c(Cl)cccc1Cl. The minimum Gasteiger partial charge on any atom is -0.508 e. The van der Waals surface area contributed by atoms with Crippen molar-refractivity contribution in [2.45, 2.75) is 6.54 Å². The number of para-hydroxylation sites is 1. The fourth-order valence-corrected chi connectivity index (χ4v) is 2.88. The van der Waals surface area contributed by atoms with Crippen LogP contribution >= 0.6 is 23.2 Å². The number of hydrogen-bond donors (Lipinski definition) is 2. The molecule has 0 saturated heterocycles. The largest absolute Gasteiger partial charge is 0.508 e. The average molecular weight is 318 g/mol. The number of rotatable bonds is 3. The molecule has 4 heteroatoms. The minimum absolute atomic E-state index is 0.254. The normalized spacial score (nSPS) is 10.8. The molecule has 0 aliphatic carbocycles. The molecule has 0 unspecified atom stereocenters. The van der Waals surface area contributed by atoms with E-state index >= 15 is 0 Å². The van der Waals surface area contributed by atoms with Gasteiger partial charge in [0.1, 0.15) is 5.75 Å². The number of benzene rings is 3. The summed E-state index contributed by atoms with van der Waals surface area (Å²) in [5.74, 6) is 0.254. The van der Waals surface area contributed by atoms with Gasteiger partial charge in [0.05, 0.1) is 15.7 Å². The lowest BCUT2D eigenvalue weighted by molar-refractivity contribution is 0.470. The van der Waals surface area contributed by atoms with Crippen molar-refractivity contribution in [3.8, 4) is 5.75 Å². The molecule has 3 aromatic carbocycles. The van der Waals surface area contributed by atoms with Gasteiger partial charge in [-0.2, -0.15) is 0 Å². The molecule has 0 spiro atoms. The van der Waals surface area contributed by atoms with E-state index in [0.29, 0.717) is 22.3 Å². The third-order valence-electron chi connectivity index (χ3n) is 3.42. The van der Waals surface area contributed by atoms with Gasteiger partial charge < -0.3 is 10.4 Å². The van der Waals surface area contributed by atoms with Crippen molar-refractivity contribution >= 4 is 39.7 Å². The van der Waals surface area contributed by atoms with Crippen molar-refractivity contribution in [1.29, 1.82) is 0 Å². The number of halogens is 2. The van der Waals surface area contributed by atoms with Crippen molar-refractivity contribution in [1.82, 2.24) is 0 Å². The predicted octanol–water partition coefficient (Wildman–Crippen LogP) is 5.46. The van der Waals surface area contributed by atoms with Gasteiger partial charge in [-0.3, -0.25) is 0 Å². The molecular weight excluding hydrogens is 305 g/mol. The van der Waals surface area contributed by atoms with E-state index < -0.39 is 0 Å². The molecule has 0 aliphatic rings. The van der Waals surface area contributed by atoms with Gasteiger partial charge in [-0.05, 0) is 29.0 Å². The van der Waals surface area contributed by atoms with Crippen molar-refractivity contribution < 1.29 is 5.11 Å². The molecular formula is C17H13Cl2NO. The van der Waals surface area contributed by atoms with Gasteiger partial charge in [0.15, 0.2) is 0 Å². The lowest BCUT2D eigenvalue weighted by Crippen LogP contribution is -2.01. The number of aromatic hydroxyl groups is 1. The zero-order valence-corrected chi connectivity index (χ0v) is 12.6. The molecule has 3 aromatic rings. The molecule has 2 nitrogen and oxygen atoms in total. The summed E-state index contributed by atoms with van der Waals surface area (Å²) in [7, 11) is 0. The van der Waals surface area contributed by atoms with E-state index in [9.17, 15) is 5.11 Å². The maximum Gasteiger partial charge on any atom is 0.121 e. The molecule has 0 bridgehead atoms. The first-order valence-electron chi connectivity index (χ1n) is 6.54. The second kappa shape index (κ2) is 5.84. The Labute approximate surface area is 132 Å². The maximum atomic E-state index is 10.1. The van der Waals surface area contributed by atoms with E-state index in [1.807, 2.05) is 30.3 Å². The van der Waals surface area contributed by atoms with Crippen LogP contribution in [0.4, 0.5) is 5.69 Å². The molecule has 2 N–H and O–H groups in total. The van der Waals surface area contributed by atoms with Gasteiger partial charge in [0.2, 0.25) is 0 Å². The molecule has 21 heavy (non-hydrogen) atoms. The molecule has 3 rings (SSSR count). The zero-order chi connectivity index (χ0) is 14.8. The number of hydrogen-bond acceptors (Lipinski definition) is 2. The Morgan fingerprint density at radius 2 is 1.57 bits per heavy atom. The van der Waals surface area contributed by atoms with Gasteiger partial charge in [-0.1, -0.05) is 59.6 Å². The maximum absolute atomic E-state index is 10.1. The third kappa shape index (κ3) is 2.78. The molecule has 0 saturated carbocycles. The quantitative estimate of drug-likeness (QED) is 0.671. The van der Waals surface area contributed by atoms with Crippen LogP contribution in [0.5, 0.6) is 5.75 Å². The van der Waals surface area contributed by atoms with Crippen LogP contribution in [0.1, 0.15) is 5.56 Å². The molecule has 0 fully saturated rings. The lowest BCUT2D eigenvalue weighted by atomic mass is 10.0. The summed E-state index contributed by atoms with van der Waals surface area (Å²) < 4.78 is 0. The highest BCUT2D eigenvalue weighted by Gasteiger charge is 2.09. The Morgan fingerprint density at radius 3 is 2.33 bits per heavy atom. The summed E-state index contributed by atoms with van der Waals surface area (Å²) in [5.41, 5.74) is 1.50. The molecule has 0 aromatic heterocycles. The van der Waals surface area contributed by atoms with Gasteiger partial charge in [-0.25, -0.2) is 0 Å². The Hall–Kier alpha value is -1.90. The molecule has 106 valence electrons. The van der Waals surface area contributed by atoms with Crippen LogP contribution in [0.3, 0.4) is 0 Å². The van der Waals surface area contributed by atoms with Crippen LogP contribution in [0.15, 0.2) is 54.6 Å². The van der Waals surface area contributed by atoms with Crippen molar-refractivity contribution in [2.24, 2.45) is 0 Å². The van der Waals surface area contributed by atoms with E-state index in [-0.39, 0.29) is 5.75 Å². The Balaban J connectivity index is 1.97. The predicted molar refractivity (Wildman–Crippen MR) is 89.4 cm³/mol. The topological polar surface area (TPSA) is 32.3 Å². The zero-order valence-electron chi connectivity index (χ0n) is 11.1. The number of phenols is 1. The van der Waals surface area contributed by atoms with Crippen molar-refractivity contribution in [3.63, 3.8) is 0 Å². The second-order valence-electron chi connectivity index (χ2n) is 4.73. The fourth-order valence-electron chi connectivity index (χ4n) is 2.35. The van der Waals surface area contributed by atoms with E-state index in [1.54, 1.807) is 24.3 Å². The van der Waals surface area contributed by atoms with E-state index in [4.69, 9.17) is 23.2 Å². The summed E-state index contributed by atoms with van der Waals surface area (Å²) in [6.07, 6.45) is 0. The third-order valence-corrected chi connectivity index (χ3v) is 4.05. The van der Waals surface area contributed by atoms with Crippen LogP contribution in [0, 0.1) is 0 Å². The van der Waals surface area contributed by atoms with Gasteiger partial charge in [0.25, 0.3) is 0 Å². The van der Waals surface area contributed by atoms with Crippen LogP contribution < -0.4 is 5.32 Å². The standard InChI is InChI=1S/C17H13Cl2NO/c18-14-6-3-7-15(19)17(14)20-10-13-12-5-2-1-4-11(12)8-9-16(13)21/h1-9,20-21H,10H2. The average Bonchev–Trinajstić information content (AvgIpc) is 2.48. The summed E-state index contributed by atoms with van der Waals surface area (Å²) in [5, 5.41) is 16.5. The fraction of sp³-hybridized carbons (Fsp3) is 0.0588. The second-order valence-corrected chi connectivity index (χ2v) is 5.55. The van der Waals surface area contributed by atoms with E-state index in [1.165, 1.54) is 0 Å². The smallest absolute Gasteiger partial charge is 0.121 e. The van der Waals surface area contributed by atoms with Crippen LogP contribution in [-0.2, 0) is 6.54 Å². The van der Waals surface area contributed by atoms with Crippen LogP contribution in [-0.4, -0.2) is 5.11 Å². The van der Waals surface area contributed by atoms with Crippen LogP contribution in [0.2, 0.25) is 10.0 Å². The van der Waals surface area contributed by atoms with Gasteiger partial charge in [0, 0.05) is 12.1 Å².